The molecule has 220 valence electrons. The lowest BCUT2D eigenvalue weighted by Crippen LogP contribution is -2.52. The second-order valence-electron chi connectivity index (χ2n) is 9.79. The Morgan fingerprint density at radius 3 is 2.15 bits per heavy atom. The highest BCUT2D eigenvalue weighted by molar-refractivity contribution is 7.92. The number of rotatable bonds is 12. The van der Waals surface area contributed by atoms with Gasteiger partial charge in [-0.3, -0.25) is 13.9 Å². The zero-order valence-corrected chi connectivity index (χ0v) is 26.1. The van der Waals surface area contributed by atoms with E-state index in [1.54, 1.807) is 61.5 Å². The predicted octanol–water partition coefficient (Wildman–Crippen LogP) is 5.84. The Hall–Kier alpha value is -3.27. The van der Waals surface area contributed by atoms with E-state index in [0.29, 0.717) is 33.5 Å². The third kappa shape index (κ3) is 8.15. The maximum atomic E-state index is 14.0. The molecule has 0 fully saturated rings. The molecule has 1 N–H and O–H groups in total. The van der Waals surface area contributed by atoms with Crippen LogP contribution in [0.4, 0.5) is 5.69 Å². The van der Waals surface area contributed by atoms with Gasteiger partial charge in [0.1, 0.15) is 18.3 Å². The molecule has 8 nitrogen and oxygen atoms in total. The van der Waals surface area contributed by atoms with Crippen LogP contribution in [0.3, 0.4) is 0 Å². The minimum absolute atomic E-state index is 0.00901. The molecule has 41 heavy (non-hydrogen) atoms. The van der Waals surface area contributed by atoms with Crippen molar-refractivity contribution in [3.63, 3.8) is 0 Å². The summed E-state index contributed by atoms with van der Waals surface area (Å²) in [6, 6.07) is 16.7. The largest absolute Gasteiger partial charge is 0.497 e. The fourth-order valence-corrected chi connectivity index (χ4v) is 5.73. The van der Waals surface area contributed by atoms with Gasteiger partial charge < -0.3 is 15.0 Å². The number of amides is 2. The number of nitrogens with one attached hydrogen (secondary N) is 1. The number of aryl methyl sites for hydroxylation is 1. The smallest absolute Gasteiger partial charge is 0.264 e. The van der Waals surface area contributed by atoms with Crippen molar-refractivity contribution in [2.24, 2.45) is 0 Å². The number of ether oxygens (including phenoxy) is 1. The summed E-state index contributed by atoms with van der Waals surface area (Å²) in [5, 5.41) is 3.56. The van der Waals surface area contributed by atoms with Gasteiger partial charge in [0, 0.05) is 12.6 Å². The second-order valence-corrected chi connectivity index (χ2v) is 12.5. The summed E-state index contributed by atoms with van der Waals surface area (Å²) in [6.45, 7) is 6.78. The van der Waals surface area contributed by atoms with Gasteiger partial charge in [0.15, 0.2) is 0 Å². The van der Waals surface area contributed by atoms with Gasteiger partial charge in [-0.05, 0) is 81.3 Å². The van der Waals surface area contributed by atoms with E-state index in [4.69, 9.17) is 27.9 Å². The van der Waals surface area contributed by atoms with Crippen LogP contribution in [0.15, 0.2) is 71.6 Å². The van der Waals surface area contributed by atoms with Crippen LogP contribution in [0.1, 0.15) is 38.3 Å². The average Bonchev–Trinajstić information content (AvgIpc) is 2.96. The van der Waals surface area contributed by atoms with Gasteiger partial charge in [0.2, 0.25) is 11.8 Å². The molecule has 0 unspecified atom stereocenters. The van der Waals surface area contributed by atoms with E-state index < -0.39 is 28.5 Å². The number of hydrogen-bond donors (Lipinski definition) is 1. The van der Waals surface area contributed by atoms with Crippen LogP contribution in [-0.2, 0) is 26.2 Å². The number of carbonyl (C=O) groups excluding carboxylic acids is 2. The van der Waals surface area contributed by atoms with Crippen molar-refractivity contribution in [3.05, 3.63) is 87.9 Å². The Balaban J connectivity index is 2.03. The van der Waals surface area contributed by atoms with Gasteiger partial charge in [0.25, 0.3) is 10.0 Å². The van der Waals surface area contributed by atoms with Crippen LogP contribution in [-0.4, -0.2) is 50.9 Å². The van der Waals surface area contributed by atoms with Crippen LogP contribution >= 0.6 is 23.2 Å². The topological polar surface area (TPSA) is 96.0 Å². The standard InChI is InChI=1S/C30H35Cl2N3O5S/c1-6-21(3)33-30(37)22(4)34(18-23-9-16-27(31)28(32)17-23)29(36)19-35(24-10-7-20(2)8-11-24)41(38,39)26-14-12-25(40-5)13-15-26/h7-17,21-22H,6,18-19H2,1-5H3,(H,33,37)/t21-,22-/m0/s1. The van der Waals surface area contributed by atoms with Gasteiger partial charge in [0.05, 0.1) is 27.7 Å². The first-order valence-corrected chi connectivity index (χ1v) is 15.3. The molecule has 0 aliphatic rings. The lowest BCUT2D eigenvalue weighted by molar-refractivity contribution is -0.139. The Kier molecular flexibility index (Phi) is 11.1. The lowest BCUT2D eigenvalue weighted by atomic mass is 10.1. The van der Waals surface area contributed by atoms with Gasteiger partial charge in [-0.1, -0.05) is 53.9 Å². The third-order valence-electron chi connectivity index (χ3n) is 6.75. The predicted molar refractivity (Wildman–Crippen MR) is 163 cm³/mol. The molecule has 3 aromatic carbocycles. The molecule has 0 aliphatic heterocycles. The maximum absolute atomic E-state index is 14.0. The monoisotopic (exact) mass is 619 g/mol. The number of nitrogens with zero attached hydrogens (tertiary/aromatic N) is 2. The molecule has 0 aromatic heterocycles. The van der Waals surface area contributed by atoms with E-state index >= 15 is 0 Å². The van der Waals surface area contributed by atoms with Crippen molar-refractivity contribution in [3.8, 4) is 5.75 Å². The van der Waals surface area contributed by atoms with Gasteiger partial charge in [-0.15, -0.1) is 0 Å². The van der Waals surface area contributed by atoms with Crippen LogP contribution in [0.5, 0.6) is 5.75 Å². The SMILES string of the molecule is CC[C@H](C)NC(=O)[C@H](C)N(Cc1ccc(Cl)c(Cl)c1)C(=O)CN(c1ccc(C)cc1)S(=O)(=O)c1ccc(OC)cc1. The molecule has 0 spiro atoms. The Bertz CT molecular complexity index is 1460. The Morgan fingerprint density at radius 1 is 0.951 bits per heavy atom. The molecule has 0 radical (unpaired) electrons. The summed E-state index contributed by atoms with van der Waals surface area (Å²) in [5.41, 5.74) is 1.88. The minimum atomic E-state index is -4.18. The van der Waals surface area contributed by atoms with Crippen LogP contribution in [0.2, 0.25) is 10.0 Å². The van der Waals surface area contributed by atoms with E-state index in [0.717, 1.165) is 9.87 Å². The van der Waals surface area contributed by atoms with Crippen molar-refractivity contribution < 1.29 is 22.7 Å². The molecule has 0 saturated heterocycles. The van der Waals surface area contributed by atoms with E-state index in [2.05, 4.69) is 5.32 Å². The minimum Gasteiger partial charge on any atom is -0.497 e. The highest BCUT2D eigenvalue weighted by atomic mass is 35.5. The normalized spacial score (nSPS) is 12.8. The van der Waals surface area contributed by atoms with Gasteiger partial charge in [-0.2, -0.15) is 0 Å². The summed E-state index contributed by atoms with van der Waals surface area (Å²) in [4.78, 5) is 28.5. The first kappa shape index (κ1) is 32.2. The van der Waals surface area contributed by atoms with Crippen LogP contribution in [0, 0.1) is 6.92 Å². The maximum Gasteiger partial charge on any atom is 0.264 e. The average molecular weight is 621 g/mol. The number of anilines is 1. The van der Waals surface area contributed by atoms with Crippen molar-refractivity contribution >= 4 is 50.7 Å². The van der Waals surface area contributed by atoms with Crippen LogP contribution in [0.25, 0.3) is 0 Å². The fourth-order valence-electron chi connectivity index (χ4n) is 4.00. The summed E-state index contributed by atoms with van der Waals surface area (Å²) in [7, 11) is -2.70. The van der Waals surface area contributed by atoms with Gasteiger partial charge in [-0.25, -0.2) is 8.42 Å². The number of methoxy groups -OCH3 is 1. The quantitative estimate of drug-likeness (QED) is 0.275. The molecule has 0 bridgehead atoms. The molecule has 3 aromatic rings. The molecular formula is C30H35Cl2N3O5S. The molecule has 2 atom stereocenters. The van der Waals surface area contributed by atoms with Gasteiger partial charge >= 0.3 is 0 Å². The first-order chi connectivity index (χ1) is 19.4. The molecule has 0 aliphatic carbocycles. The molecule has 2 amide bonds. The van der Waals surface area contributed by atoms with Crippen molar-refractivity contribution in [1.82, 2.24) is 10.2 Å². The number of sulfonamides is 1. The lowest BCUT2D eigenvalue weighted by Gasteiger charge is -2.32. The fraction of sp³-hybridized carbons (Fsp3) is 0.333. The van der Waals surface area contributed by atoms with Crippen molar-refractivity contribution in [2.75, 3.05) is 18.0 Å². The Morgan fingerprint density at radius 2 is 1.59 bits per heavy atom. The summed E-state index contributed by atoms with van der Waals surface area (Å²) >= 11 is 12.3. The Labute approximate surface area is 252 Å². The number of hydrogen-bond acceptors (Lipinski definition) is 5. The first-order valence-electron chi connectivity index (χ1n) is 13.1. The molecule has 0 heterocycles. The number of benzene rings is 3. The van der Waals surface area contributed by atoms with E-state index in [9.17, 15) is 18.0 Å². The number of halogens is 2. The van der Waals surface area contributed by atoms with Crippen LogP contribution < -0.4 is 14.4 Å². The summed E-state index contributed by atoms with van der Waals surface area (Å²) < 4.78 is 34.0. The molecule has 11 heteroatoms. The zero-order valence-electron chi connectivity index (χ0n) is 23.7. The summed E-state index contributed by atoms with van der Waals surface area (Å²) in [5.74, 6) is -0.427. The van der Waals surface area contributed by atoms with E-state index in [-0.39, 0.29) is 23.4 Å². The molecule has 3 rings (SSSR count). The van der Waals surface area contributed by atoms with E-state index in [1.165, 1.54) is 24.1 Å². The van der Waals surface area contributed by atoms with E-state index in [1.807, 2.05) is 20.8 Å². The summed E-state index contributed by atoms with van der Waals surface area (Å²) in [6.07, 6.45) is 0.709. The molecule has 0 saturated carbocycles. The molecular weight excluding hydrogens is 585 g/mol. The second kappa shape index (κ2) is 14.1. The number of carbonyl (C=O) groups is 2. The zero-order chi connectivity index (χ0) is 30.3. The van der Waals surface area contributed by atoms with Crippen molar-refractivity contribution in [1.29, 1.82) is 0 Å². The van der Waals surface area contributed by atoms with Crippen molar-refractivity contribution in [2.45, 2.75) is 57.6 Å². The third-order valence-corrected chi connectivity index (χ3v) is 9.28. The highest BCUT2D eigenvalue weighted by Gasteiger charge is 2.33. The highest BCUT2D eigenvalue weighted by Crippen LogP contribution is 2.27.